The summed E-state index contributed by atoms with van der Waals surface area (Å²) in [7, 11) is 1.80. The van der Waals surface area contributed by atoms with E-state index in [1.807, 2.05) is 6.92 Å². The number of nitrogens with zero attached hydrogens (tertiary/aromatic N) is 2. The second-order valence-corrected chi connectivity index (χ2v) is 3.91. The first-order chi connectivity index (χ1) is 7.93. The van der Waals surface area contributed by atoms with Gasteiger partial charge in [0.1, 0.15) is 0 Å². The topological polar surface area (TPSA) is 76.0 Å². The zero-order valence-corrected chi connectivity index (χ0v) is 10.6. The fourth-order valence-electron chi connectivity index (χ4n) is 1.61. The second-order valence-electron chi connectivity index (χ2n) is 3.91. The molecule has 0 saturated carbocycles. The normalized spacial score (nSPS) is 10.1. The Morgan fingerprint density at radius 1 is 1.24 bits per heavy atom. The molecule has 1 aromatic rings. The zero-order valence-electron chi connectivity index (χ0n) is 10.6. The van der Waals surface area contributed by atoms with Gasteiger partial charge in [-0.05, 0) is 13.8 Å². The minimum Gasteiger partial charge on any atom is -0.355 e. The van der Waals surface area contributed by atoms with Gasteiger partial charge in [0.25, 0.3) is 5.91 Å². The van der Waals surface area contributed by atoms with E-state index in [2.05, 4.69) is 15.7 Å². The summed E-state index contributed by atoms with van der Waals surface area (Å²) in [6.45, 7) is 5.93. The minimum absolute atomic E-state index is 0.104. The van der Waals surface area contributed by atoms with Gasteiger partial charge in [-0.1, -0.05) is 0 Å². The van der Waals surface area contributed by atoms with Crippen LogP contribution in [0.2, 0.25) is 0 Å². The molecule has 1 heterocycles. The van der Waals surface area contributed by atoms with Crippen molar-refractivity contribution in [3.8, 4) is 0 Å². The molecule has 1 rings (SSSR count). The van der Waals surface area contributed by atoms with Gasteiger partial charge in [-0.25, -0.2) is 0 Å². The Morgan fingerprint density at radius 3 is 2.29 bits per heavy atom. The van der Waals surface area contributed by atoms with E-state index in [1.54, 1.807) is 18.7 Å². The largest absolute Gasteiger partial charge is 0.355 e. The predicted molar refractivity (Wildman–Crippen MR) is 63.7 cm³/mol. The Bertz CT molecular complexity index is 437. The monoisotopic (exact) mass is 238 g/mol. The molecular formula is C11H18N4O2. The fraction of sp³-hybridized carbons (Fsp3) is 0.545. The lowest BCUT2D eigenvalue weighted by atomic mass is 10.2. The summed E-state index contributed by atoms with van der Waals surface area (Å²) in [5.41, 5.74) is 2.15. The summed E-state index contributed by atoms with van der Waals surface area (Å²) < 4.78 is 1.68. The third-order valence-electron chi connectivity index (χ3n) is 2.52. The quantitative estimate of drug-likeness (QED) is 0.719. The average Bonchev–Trinajstić information content (AvgIpc) is 2.48. The van der Waals surface area contributed by atoms with Crippen molar-refractivity contribution in [2.45, 2.75) is 20.8 Å². The molecule has 2 amide bonds. The smallest absolute Gasteiger partial charge is 0.255 e. The van der Waals surface area contributed by atoms with Gasteiger partial charge in [0.05, 0.1) is 11.3 Å². The molecule has 0 spiro atoms. The maximum absolute atomic E-state index is 11.9. The van der Waals surface area contributed by atoms with Crippen LogP contribution >= 0.6 is 0 Å². The van der Waals surface area contributed by atoms with Crippen LogP contribution in [0, 0.1) is 13.8 Å². The molecule has 0 aliphatic carbocycles. The maximum Gasteiger partial charge on any atom is 0.255 e. The van der Waals surface area contributed by atoms with E-state index < -0.39 is 0 Å². The lowest BCUT2D eigenvalue weighted by molar-refractivity contribution is -0.118. The number of hydrogen-bond donors (Lipinski definition) is 2. The molecule has 0 aliphatic heterocycles. The van der Waals surface area contributed by atoms with Crippen LogP contribution in [0.5, 0.6) is 0 Å². The van der Waals surface area contributed by atoms with Crippen LogP contribution in [0.25, 0.3) is 0 Å². The summed E-state index contributed by atoms with van der Waals surface area (Å²) >= 11 is 0. The van der Waals surface area contributed by atoms with Gasteiger partial charge >= 0.3 is 0 Å². The number of amides is 2. The highest BCUT2D eigenvalue weighted by Crippen LogP contribution is 2.10. The molecule has 0 unspecified atom stereocenters. The van der Waals surface area contributed by atoms with Crippen molar-refractivity contribution in [2.75, 3.05) is 13.1 Å². The fourth-order valence-corrected chi connectivity index (χ4v) is 1.61. The van der Waals surface area contributed by atoms with E-state index >= 15 is 0 Å². The summed E-state index contributed by atoms with van der Waals surface area (Å²) in [5.74, 6) is -0.258. The molecular weight excluding hydrogens is 220 g/mol. The average molecular weight is 238 g/mol. The van der Waals surface area contributed by atoms with E-state index in [1.165, 1.54) is 6.92 Å². The molecule has 0 saturated heterocycles. The van der Waals surface area contributed by atoms with Crippen LogP contribution in [0.4, 0.5) is 0 Å². The van der Waals surface area contributed by atoms with Gasteiger partial charge < -0.3 is 10.6 Å². The van der Waals surface area contributed by atoms with Gasteiger partial charge in [-0.3, -0.25) is 14.3 Å². The summed E-state index contributed by atoms with van der Waals surface area (Å²) in [5, 5.41) is 9.53. The van der Waals surface area contributed by atoms with Gasteiger partial charge in [0, 0.05) is 32.8 Å². The molecule has 0 aliphatic rings. The number of nitrogens with one attached hydrogen (secondary N) is 2. The molecule has 0 aromatic carbocycles. The van der Waals surface area contributed by atoms with Crippen molar-refractivity contribution in [1.29, 1.82) is 0 Å². The van der Waals surface area contributed by atoms with E-state index in [-0.39, 0.29) is 11.8 Å². The second kappa shape index (κ2) is 5.47. The van der Waals surface area contributed by atoms with Crippen LogP contribution in [-0.4, -0.2) is 34.7 Å². The van der Waals surface area contributed by atoms with E-state index in [0.29, 0.717) is 24.3 Å². The van der Waals surface area contributed by atoms with Crippen LogP contribution in [-0.2, 0) is 11.8 Å². The first-order valence-electron chi connectivity index (χ1n) is 5.46. The highest BCUT2D eigenvalue weighted by molar-refractivity contribution is 5.96. The number of aromatic nitrogens is 2. The van der Waals surface area contributed by atoms with Gasteiger partial charge in [0.2, 0.25) is 5.91 Å². The number of aryl methyl sites for hydroxylation is 2. The lowest BCUT2D eigenvalue weighted by Crippen LogP contribution is -2.34. The molecule has 0 fully saturated rings. The highest BCUT2D eigenvalue weighted by Gasteiger charge is 2.16. The maximum atomic E-state index is 11.9. The van der Waals surface area contributed by atoms with Crippen molar-refractivity contribution < 1.29 is 9.59 Å². The molecule has 0 bridgehead atoms. The first kappa shape index (κ1) is 13.2. The highest BCUT2D eigenvalue weighted by atomic mass is 16.2. The Hall–Kier alpha value is -1.85. The number of carbonyl (C=O) groups excluding carboxylic acids is 2. The molecule has 1 aromatic heterocycles. The van der Waals surface area contributed by atoms with Crippen LogP contribution in [0.3, 0.4) is 0 Å². The summed E-state index contributed by atoms with van der Waals surface area (Å²) in [6.07, 6.45) is 0. The van der Waals surface area contributed by atoms with E-state index in [0.717, 1.165) is 5.69 Å². The molecule has 6 nitrogen and oxygen atoms in total. The Balaban J connectivity index is 2.55. The number of hydrogen-bond acceptors (Lipinski definition) is 3. The van der Waals surface area contributed by atoms with Gasteiger partial charge in [-0.15, -0.1) is 0 Å². The third kappa shape index (κ3) is 3.30. The molecule has 0 radical (unpaired) electrons. The standard InChI is InChI=1S/C11H18N4O2/c1-7-10(8(2)15(4)14-7)11(17)13-6-5-12-9(3)16/h5-6H2,1-4H3,(H,12,16)(H,13,17). The van der Waals surface area contributed by atoms with Crippen molar-refractivity contribution in [3.05, 3.63) is 17.0 Å². The van der Waals surface area contributed by atoms with Crippen molar-refractivity contribution >= 4 is 11.8 Å². The third-order valence-corrected chi connectivity index (χ3v) is 2.52. The molecule has 2 N–H and O–H groups in total. The summed E-state index contributed by atoms with van der Waals surface area (Å²) in [6, 6.07) is 0. The molecule has 0 atom stereocenters. The van der Waals surface area contributed by atoms with Gasteiger partial charge in [-0.2, -0.15) is 5.10 Å². The molecule has 94 valence electrons. The Labute approximate surface area is 100 Å². The lowest BCUT2D eigenvalue weighted by Gasteiger charge is -2.05. The Morgan fingerprint density at radius 2 is 1.82 bits per heavy atom. The van der Waals surface area contributed by atoms with Gasteiger partial charge in [0.15, 0.2) is 0 Å². The van der Waals surface area contributed by atoms with Crippen molar-refractivity contribution in [2.24, 2.45) is 7.05 Å². The van der Waals surface area contributed by atoms with Crippen LogP contribution in [0.1, 0.15) is 28.7 Å². The first-order valence-corrected chi connectivity index (χ1v) is 5.46. The zero-order chi connectivity index (χ0) is 13.0. The van der Waals surface area contributed by atoms with Crippen molar-refractivity contribution in [1.82, 2.24) is 20.4 Å². The number of carbonyl (C=O) groups is 2. The van der Waals surface area contributed by atoms with E-state index in [9.17, 15) is 9.59 Å². The minimum atomic E-state index is -0.154. The van der Waals surface area contributed by atoms with Crippen LogP contribution in [0.15, 0.2) is 0 Å². The number of rotatable bonds is 4. The SMILES string of the molecule is CC(=O)NCCNC(=O)c1c(C)nn(C)c1C. The molecule has 17 heavy (non-hydrogen) atoms. The van der Waals surface area contributed by atoms with Crippen molar-refractivity contribution in [3.63, 3.8) is 0 Å². The summed E-state index contributed by atoms with van der Waals surface area (Å²) in [4.78, 5) is 22.5. The van der Waals surface area contributed by atoms with E-state index in [4.69, 9.17) is 0 Å². The van der Waals surface area contributed by atoms with Crippen LogP contribution < -0.4 is 10.6 Å². The predicted octanol–water partition coefficient (Wildman–Crippen LogP) is -0.0972. The Kier molecular flexibility index (Phi) is 4.25. The molecule has 6 heteroatoms.